The lowest BCUT2D eigenvalue weighted by atomic mass is 9.49. The number of Topliss-reactive ketones (excluding diaryl/α,β-unsaturated/α-hetero) is 1. The average Bonchev–Trinajstić information content (AvgIpc) is 3.05. The fraction of sp³-hybridized carbons (Fsp3) is 0.800. The van der Waals surface area contributed by atoms with Gasteiger partial charge in [0.05, 0.1) is 11.3 Å². The van der Waals surface area contributed by atoms with Gasteiger partial charge in [0.15, 0.2) is 0 Å². The van der Waals surface area contributed by atoms with Gasteiger partial charge in [-0.15, -0.1) is 0 Å². The van der Waals surface area contributed by atoms with Crippen LogP contribution in [0.4, 0.5) is 0 Å². The molecule has 29 heavy (non-hydrogen) atoms. The van der Waals surface area contributed by atoms with E-state index in [1.807, 2.05) is 13.0 Å². The van der Waals surface area contributed by atoms with Crippen LogP contribution in [0.5, 0.6) is 0 Å². The lowest BCUT2D eigenvalue weighted by molar-refractivity contribution is -0.131. The maximum atomic E-state index is 13.2. The van der Waals surface area contributed by atoms with Crippen LogP contribution in [0.25, 0.3) is 0 Å². The van der Waals surface area contributed by atoms with Crippen molar-refractivity contribution < 1.29 is 9.90 Å². The number of fused-ring (bicyclic) bond motifs is 5. The van der Waals surface area contributed by atoms with Crippen molar-refractivity contribution in [2.75, 3.05) is 0 Å². The fourth-order valence-electron chi connectivity index (χ4n) is 8.33. The van der Waals surface area contributed by atoms with Crippen molar-refractivity contribution in [3.63, 3.8) is 0 Å². The predicted octanol–water partition coefficient (Wildman–Crippen LogP) is 4.61. The van der Waals surface area contributed by atoms with Crippen LogP contribution in [0.2, 0.25) is 0 Å². The van der Waals surface area contributed by atoms with Crippen LogP contribution in [0, 0.1) is 40.9 Å². The molecule has 4 aliphatic rings. The maximum Gasteiger partial charge on any atom is 0.142 e. The molecule has 5 rings (SSSR count). The van der Waals surface area contributed by atoms with Crippen molar-refractivity contribution >= 4 is 5.78 Å². The number of carbonyl (C=O) groups excluding carboxylic acids is 1. The van der Waals surface area contributed by atoms with Gasteiger partial charge in [0.25, 0.3) is 0 Å². The second kappa shape index (κ2) is 7.14. The summed E-state index contributed by atoms with van der Waals surface area (Å²) >= 11 is 0. The van der Waals surface area contributed by atoms with Crippen LogP contribution in [-0.2, 0) is 11.2 Å². The average molecular weight is 397 g/mol. The topological polar surface area (TPSA) is 63.1 Å². The number of rotatable bonds is 3. The summed E-state index contributed by atoms with van der Waals surface area (Å²) in [4.78, 5) is 21.5. The van der Waals surface area contributed by atoms with Crippen molar-refractivity contribution in [2.24, 2.45) is 40.9 Å². The number of aromatic nitrogens is 2. The Kier molecular flexibility index (Phi) is 4.84. The van der Waals surface area contributed by atoms with Gasteiger partial charge in [-0.2, -0.15) is 0 Å². The Labute approximate surface area is 174 Å². The first-order chi connectivity index (χ1) is 13.9. The van der Waals surface area contributed by atoms with E-state index >= 15 is 0 Å². The van der Waals surface area contributed by atoms with Crippen LogP contribution in [0.15, 0.2) is 18.6 Å². The van der Waals surface area contributed by atoms with E-state index in [1.165, 1.54) is 38.5 Å². The molecule has 4 fully saturated rings. The molecule has 4 saturated carbocycles. The summed E-state index contributed by atoms with van der Waals surface area (Å²) in [5.41, 5.74) is 0.599. The molecular weight excluding hydrogens is 360 g/mol. The molecule has 4 nitrogen and oxygen atoms in total. The van der Waals surface area contributed by atoms with Gasteiger partial charge in [0, 0.05) is 18.5 Å². The standard InChI is InChI=1S/C25H36N2O2/c1-24(29)10-7-18-16(14-24)3-4-20-19(18)8-11-25(2)21(20)5-6-22(25)23(28)13-17-9-12-26-15-27-17/h9,12,15-16,18-22,29H,3-8,10-11,13-14H2,1-2H3. The summed E-state index contributed by atoms with van der Waals surface area (Å²) < 4.78 is 0. The molecule has 0 saturated heterocycles. The van der Waals surface area contributed by atoms with Gasteiger partial charge in [-0.05, 0) is 106 Å². The van der Waals surface area contributed by atoms with Gasteiger partial charge in [-0.3, -0.25) is 4.79 Å². The summed E-state index contributed by atoms with van der Waals surface area (Å²) in [5, 5.41) is 10.6. The number of aliphatic hydroxyl groups is 1. The Bertz CT molecular complexity index is 763. The zero-order valence-corrected chi connectivity index (χ0v) is 18.0. The Balaban J connectivity index is 1.31. The van der Waals surface area contributed by atoms with Crippen LogP contribution in [0.3, 0.4) is 0 Å². The molecule has 1 aromatic heterocycles. The Morgan fingerprint density at radius 1 is 1.07 bits per heavy atom. The zero-order chi connectivity index (χ0) is 20.2. The molecule has 1 N–H and O–H groups in total. The van der Waals surface area contributed by atoms with Crippen LogP contribution >= 0.6 is 0 Å². The number of hydrogen-bond acceptors (Lipinski definition) is 4. The third kappa shape index (κ3) is 3.36. The first-order valence-electron chi connectivity index (χ1n) is 11.9. The first kappa shape index (κ1) is 19.7. The molecule has 8 unspecified atom stereocenters. The summed E-state index contributed by atoms with van der Waals surface area (Å²) in [7, 11) is 0. The van der Waals surface area contributed by atoms with E-state index in [9.17, 15) is 9.90 Å². The van der Waals surface area contributed by atoms with Crippen molar-refractivity contribution in [3.05, 3.63) is 24.3 Å². The maximum absolute atomic E-state index is 13.2. The third-order valence-electron chi connectivity index (χ3n) is 9.62. The van der Waals surface area contributed by atoms with E-state index in [0.717, 1.165) is 48.6 Å². The highest BCUT2D eigenvalue weighted by Gasteiger charge is 2.58. The van der Waals surface area contributed by atoms with E-state index in [4.69, 9.17) is 0 Å². The third-order valence-corrected chi connectivity index (χ3v) is 9.62. The molecule has 4 aliphatic carbocycles. The monoisotopic (exact) mass is 396 g/mol. The number of ketones is 1. The summed E-state index contributed by atoms with van der Waals surface area (Å²) in [6.45, 7) is 4.47. The molecule has 4 heteroatoms. The van der Waals surface area contributed by atoms with Crippen molar-refractivity contribution in [1.82, 2.24) is 9.97 Å². The van der Waals surface area contributed by atoms with Crippen LogP contribution in [0.1, 0.15) is 77.3 Å². The minimum Gasteiger partial charge on any atom is -0.390 e. The quantitative estimate of drug-likeness (QED) is 0.810. The van der Waals surface area contributed by atoms with Gasteiger partial charge < -0.3 is 5.11 Å². The summed E-state index contributed by atoms with van der Waals surface area (Å²) in [6.07, 6.45) is 14.3. The molecular formula is C25H36N2O2. The largest absolute Gasteiger partial charge is 0.390 e. The SMILES string of the molecule is CC1(O)CCC2C(CCC3C2CCC2(C)C(C(=O)Cc4ccncn4)CCC32)C1. The Hall–Kier alpha value is -1.29. The second-order valence-electron chi connectivity index (χ2n) is 11.2. The molecule has 158 valence electrons. The van der Waals surface area contributed by atoms with Gasteiger partial charge in [-0.1, -0.05) is 6.92 Å². The number of nitrogens with zero attached hydrogens (tertiary/aromatic N) is 2. The second-order valence-corrected chi connectivity index (χ2v) is 11.2. The highest BCUT2D eigenvalue weighted by Crippen LogP contribution is 2.64. The predicted molar refractivity (Wildman–Crippen MR) is 112 cm³/mol. The van der Waals surface area contributed by atoms with Crippen molar-refractivity contribution in [2.45, 2.75) is 83.7 Å². The fourth-order valence-corrected chi connectivity index (χ4v) is 8.33. The van der Waals surface area contributed by atoms with Gasteiger partial charge >= 0.3 is 0 Å². The molecule has 1 heterocycles. The van der Waals surface area contributed by atoms with Crippen LogP contribution < -0.4 is 0 Å². The lowest BCUT2D eigenvalue weighted by Crippen LogP contribution is -2.51. The normalized spacial score (nSPS) is 46.4. The molecule has 0 radical (unpaired) electrons. The minimum absolute atomic E-state index is 0.179. The summed E-state index contributed by atoms with van der Waals surface area (Å²) in [6, 6.07) is 1.88. The molecule has 0 aromatic carbocycles. The van der Waals surface area contributed by atoms with E-state index in [-0.39, 0.29) is 11.3 Å². The highest BCUT2D eigenvalue weighted by atomic mass is 16.3. The Morgan fingerprint density at radius 3 is 2.69 bits per heavy atom. The molecule has 0 amide bonds. The number of carbonyl (C=O) groups is 1. The molecule has 0 bridgehead atoms. The lowest BCUT2D eigenvalue weighted by Gasteiger charge is -2.56. The van der Waals surface area contributed by atoms with E-state index in [1.54, 1.807) is 12.5 Å². The smallest absolute Gasteiger partial charge is 0.142 e. The van der Waals surface area contributed by atoms with Gasteiger partial charge in [0.2, 0.25) is 0 Å². The Morgan fingerprint density at radius 2 is 1.90 bits per heavy atom. The summed E-state index contributed by atoms with van der Waals surface area (Å²) in [5.74, 6) is 4.48. The van der Waals surface area contributed by atoms with Gasteiger partial charge in [-0.25, -0.2) is 9.97 Å². The molecule has 8 atom stereocenters. The highest BCUT2D eigenvalue weighted by molar-refractivity contribution is 5.84. The van der Waals surface area contributed by atoms with E-state index in [0.29, 0.717) is 18.1 Å². The molecule has 1 aromatic rings. The zero-order valence-electron chi connectivity index (χ0n) is 18.0. The van der Waals surface area contributed by atoms with Crippen molar-refractivity contribution in [3.8, 4) is 0 Å². The molecule has 0 aliphatic heterocycles. The van der Waals surface area contributed by atoms with Crippen molar-refractivity contribution in [1.29, 1.82) is 0 Å². The van der Waals surface area contributed by atoms with E-state index in [2.05, 4.69) is 16.9 Å². The number of hydrogen-bond donors (Lipinski definition) is 1. The van der Waals surface area contributed by atoms with E-state index < -0.39 is 5.60 Å². The first-order valence-corrected chi connectivity index (χ1v) is 11.9. The minimum atomic E-state index is -0.441. The van der Waals surface area contributed by atoms with Crippen LogP contribution in [-0.4, -0.2) is 26.5 Å². The molecule has 0 spiro atoms. The van der Waals surface area contributed by atoms with Gasteiger partial charge in [0.1, 0.15) is 12.1 Å².